The van der Waals surface area contributed by atoms with Crippen LogP contribution in [0.15, 0.2) is 40.7 Å². The minimum atomic E-state index is -0.667. The Morgan fingerprint density at radius 3 is 2.78 bits per heavy atom. The smallest absolute Gasteiger partial charge is 0.330 e. The van der Waals surface area contributed by atoms with Crippen LogP contribution in [0.5, 0.6) is 0 Å². The normalized spacial score (nSPS) is 13.4. The summed E-state index contributed by atoms with van der Waals surface area (Å²) in [6, 6.07) is 11.1. The summed E-state index contributed by atoms with van der Waals surface area (Å²) < 4.78 is 4.81. The van der Waals surface area contributed by atoms with Gasteiger partial charge in [0.05, 0.1) is 13.2 Å². The van der Waals surface area contributed by atoms with Crippen molar-refractivity contribution in [3.05, 3.63) is 52.0 Å². The number of hydrogen-bond acceptors (Lipinski definition) is 6. The number of aliphatic imine (C=N–C) groups is 1. The third-order valence-corrected chi connectivity index (χ3v) is 4.25. The quantitative estimate of drug-likeness (QED) is 0.604. The van der Waals surface area contributed by atoms with Gasteiger partial charge in [-0.2, -0.15) is 5.26 Å². The molecule has 2 atom stereocenters. The first-order chi connectivity index (χ1) is 11.1. The highest BCUT2D eigenvalue weighted by Crippen LogP contribution is 2.18. The van der Waals surface area contributed by atoms with E-state index in [-0.39, 0.29) is 0 Å². The fourth-order valence-corrected chi connectivity index (χ4v) is 2.83. The first-order valence-corrected chi connectivity index (χ1v) is 7.98. The molecular weight excluding hydrogens is 310 g/mol. The molecule has 23 heavy (non-hydrogen) atoms. The second kappa shape index (κ2) is 8.20. The van der Waals surface area contributed by atoms with E-state index in [1.807, 2.05) is 42.6 Å². The Labute approximate surface area is 139 Å². The van der Waals surface area contributed by atoms with Crippen molar-refractivity contribution < 1.29 is 9.53 Å². The number of aromatic nitrogens is 1. The summed E-state index contributed by atoms with van der Waals surface area (Å²) in [6.07, 6.45) is 1.92. The lowest BCUT2D eigenvalue weighted by Crippen LogP contribution is -2.23. The van der Waals surface area contributed by atoms with Crippen LogP contribution in [0, 0.1) is 18.3 Å². The van der Waals surface area contributed by atoms with Gasteiger partial charge >= 0.3 is 5.97 Å². The van der Waals surface area contributed by atoms with Crippen molar-refractivity contribution in [3.63, 3.8) is 0 Å². The summed E-state index contributed by atoms with van der Waals surface area (Å²) in [6.45, 7) is 1.87. The van der Waals surface area contributed by atoms with E-state index in [4.69, 9.17) is 4.74 Å². The van der Waals surface area contributed by atoms with Crippen LogP contribution in [0.4, 0.5) is 0 Å². The number of esters is 1. The molecule has 0 aliphatic rings. The van der Waals surface area contributed by atoms with E-state index in [1.165, 1.54) is 24.7 Å². The van der Waals surface area contributed by atoms with Crippen LogP contribution in [0.1, 0.15) is 22.2 Å². The molecule has 1 aromatic heterocycles. The van der Waals surface area contributed by atoms with Crippen LogP contribution in [-0.4, -0.2) is 30.3 Å². The Hall–Kier alpha value is -2.52. The molecular formula is C17H17N3O2S. The number of carbonyl (C=O) groups excluding carboxylic acids is 1. The predicted molar refractivity (Wildman–Crippen MR) is 89.6 cm³/mol. The number of nitrogens with zero attached hydrogens (tertiary/aromatic N) is 3. The largest absolute Gasteiger partial charge is 0.467 e. The standard InChI is InChI=1S/C17H17N3O2S/c1-12-11-23-16(20-12)14(9-18)10-19-15(17(21)22-2)8-13-6-4-3-5-7-13/h3-7,10-11,14-15H,8H2,1-2H3/t14-,15+/m1/s1. The molecule has 0 saturated heterocycles. The molecule has 0 unspecified atom stereocenters. The minimum Gasteiger partial charge on any atom is -0.467 e. The number of thiazole rings is 1. The lowest BCUT2D eigenvalue weighted by molar-refractivity contribution is -0.142. The molecule has 0 bridgehead atoms. The van der Waals surface area contributed by atoms with E-state index >= 15 is 0 Å². The summed E-state index contributed by atoms with van der Waals surface area (Å²) >= 11 is 1.41. The van der Waals surface area contributed by atoms with Crippen molar-refractivity contribution in [1.29, 1.82) is 5.26 Å². The molecule has 0 spiro atoms. The maximum Gasteiger partial charge on any atom is 0.330 e. The number of rotatable bonds is 6. The van der Waals surface area contributed by atoms with Gasteiger partial charge in [0.15, 0.2) is 6.04 Å². The van der Waals surface area contributed by atoms with E-state index in [0.717, 1.165) is 11.3 Å². The second-order valence-corrected chi connectivity index (χ2v) is 5.85. The Kier molecular flexibility index (Phi) is 6.01. The maximum atomic E-state index is 11.9. The van der Waals surface area contributed by atoms with Gasteiger partial charge in [-0.3, -0.25) is 4.99 Å². The summed E-state index contributed by atoms with van der Waals surface area (Å²) in [4.78, 5) is 20.5. The summed E-state index contributed by atoms with van der Waals surface area (Å²) in [5.74, 6) is -0.978. The summed E-state index contributed by atoms with van der Waals surface area (Å²) in [5, 5.41) is 11.9. The SMILES string of the molecule is COC(=O)[C@H](Cc1ccccc1)N=C[C@@H](C#N)c1nc(C)cs1. The van der Waals surface area contributed by atoms with Crippen LogP contribution in [0.25, 0.3) is 0 Å². The molecule has 5 nitrogen and oxygen atoms in total. The van der Waals surface area contributed by atoms with Crippen LogP contribution < -0.4 is 0 Å². The van der Waals surface area contributed by atoms with Gasteiger partial charge in [-0.15, -0.1) is 11.3 Å². The maximum absolute atomic E-state index is 11.9. The van der Waals surface area contributed by atoms with Crippen molar-refractivity contribution in [2.75, 3.05) is 7.11 Å². The van der Waals surface area contributed by atoms with Crippen LogP contribution in [-0.2, 0) is 16.0 Å². The number of benzene rings is 1. The van der Waals surface area contributed by atoms with Crippen molar-refractivity contribution in [1.82, 2.24) is 4.98 Å². The number of nitriles is 1. The molecule has 6 heteroatoms. The molecule has 0 saturated carbocycles. The number of ether oxygens (including phenoxy) is 1. The minimum absolute atomic E-state index is 0.419. The molecule has 0 N–H and O–H groups in total. The molecule has 0 amide bonds. The van der Waals surface area contributed by atoms with E-state index in [0.29, 0.717) is 11.4 Å². The lowest BCUT2D eigenvalue weighted by Gasteiger charge is -2.10. The highest BCUT2D eigenvalue weighted by Gasteiger charge is 2.19. The van der Waals surface area contributed by atoms with Crippen molar-refractivity contribution in [2.45, 2.75) is 25.3 Å². The molecule has 118 valence electrons. The van der Waals surface area contributed by atoms with Gasteiger partial charge in [-0.25, -0.2) is 9.78 Å². The van der Waals surface area contributed by atoms with Gasteiger partial charge < -0.3 is 4.74 Å². The Morgan fingerprint density at radius 2 is 2.22 bits per heavy atom. The zero-order valence-electron chi connectivity index (χ0n) is 13.0. The Morgan fingerprint density at radius 1 is 1.48 bits per heavy atom. The highest BCUT2D eigenvalue weighted by molar-refractivity contribution is 7.09. The van der Waals surface area contributed by atoms with E-state index < -0.39 is 17.9 Å². The lowest BCUT2D eigenvalue weighted by atomic mass is 10.1. The Balaban J connectivity index is 2.16. The molecule has 1 aromatic carbocycles. The fraction of sp³-hybridized carbons (Fsp3) is 0.294. The first-order valence-electron chi connectivity index (χ1n) is 7.10. The predicted octanol–water partition coefficient (Wildman–Crippen LogP) is 2.91. The molecule has 2 aromatic rings. The summed E-state index contributed by atoms with van der Waals surface area (Å²) in [7, 11) is 1.34. The first kappa shape index (κ1) is 16.8. The Bertz CT molecular complexity index is 719. The number of hydrogen-bond donors (Lipinski definition) is 0. The zero-order valence-corrected chi connectivity index (χ0v) is 13.8. The summed E-state index contributed by atoms with van der Waals surface area (Å²) in [5.41, 5.74) is 1.85. The molecule has 0 fully saturated rings. The van der Waals surface area contributed by atoms with Crippen molar-refractivity contribution in [2.24, 2.45) is 4.99 Å². The topological polar surface area (TPSA) is 75.3 Å². The number of carbonyl (C=O) groups is 1. The van der Waals surface area contributed by atoms with E-state index in [9.17, 15) is 10.1 Å². The average Bonchev–Trinajstić information content (AvgIpc) is 3.01. The molecule has 0 radical (unpaired) electrons. The molecule has 2 rings (SSSR count). The third-order valence-electron chi connectivity index (χ3n) is 3.20. The van der Waals surface area contributed by atoms with Gasteiger partial charge in [0.2, 0.25) is 0 Å². The number of methoxy groups -OCH3 is 1. The average molecular weight is 327 g/mol. The third kappa shape index (κ3) is 4.73. The second-order valence-electron chi connectivity index (χ2n) is 4.96. The van der Waals surface area contributed by atoms with Crippen LogP contribution in [0.3, 0.4) is 0 Å². The van der Waals surface area contributed by atoms with Crippen LogP contribution in [0.2, 0.25) is 0 Å². The van der Waals surface area contributed by atoms with Gasteiger partial charge in [0, 0.05) is 23.7 Å². The van der Waals surface area contributed by atoms with Crippen molar-refractivity contribution >= 4 is 23.5 Å². The highest BCUT2D eigenvalue weighted by atomic mass is 32.1. The van der Waals surface area contributed by atoms with Gasteiger partial charge in [0.1, 0.15) is 10.9 Å². The van der Waals surface area contributed by atoms with Gasteiger partial charge in [0.25, 0.3) is 0 Å². The van der Waals surface area contributed by atoms with Crippen molar-refractivity contribution in [3.8, 4) is 6.07 Å². The monoisotopic (exact) mass is 327 g/mol. The molecule has 0 aliphatic heterocycles. The molecule has 0 aliphatic carbocycles. The molecule has 1 heterocycles. The van der Waals surface area contributed by atoms with Gasteiger partial charge in [-0.05, 0) is 12.5 Å². The fourth-order valence-electron chi connectivity index (χ4n) is 2.03. The van der Waals surface area contributed by atoms with Gasteiger partial charge in [-0.1, -0.05) is 30.3 Å². The van der Waals surface area contributed by atoms with E-state index in [2.05, 4.69) is 16.0 Å². The van der Waals surface area contributed by atoms with Crippen LogP contribution >= 0.6 is 11.3 Å². The number of aryl methyl sites for hydroxylation is 1. The van der Waals surface area contributed by atoms with E-state index in [1.54, 1.807) is 0 Å². The zero-order chi connectivity index (χ0) is 16.7.